The summed E-state index contributed by atoms with van der Waals surface area (Å²) in [5, 5.41) is 0.604. The number of halogens is 2. The largest absolute Gasteiger partial charge is 0.493 e. The molecule has 2 N–H and O–H groups in total. The van der Waals surface area contributed by atoms with Crippen LogP contribution in [0, 0.1) is 0 Å². The number of fused-ring (bicyclic) bond motifs is 1. The van der Waals surface area contributed by atoms with Gasteiger partial charge >= 0.3 is 0 Å². The zero-order chi connectivity index (χ0) is 14.1. The number of aromatic nitrogens is 1. The van der Waals surface area contributed by atoms with Crippen LogP contribution >= 0.6 is 27.5 Å². The molecule has 3 rings (SSSR count). The van der Waals surface area contributed by atoms with Crippen LogP contribution in [0.1, 0.15) is 22.7 Å². The normalized spacial score (nSPS) is 14.8. The molecule has 1 aliphatic rings. The maximum atomic E-state index is 6.29. The van der Waals surface area contributed by atoms with E-state index in [4.69, 9.17) is 22.1 Å². The van der Waals surface area contributed by atoms with Gasteiger partial charge in [0.2, 0.25) is 0 Å². The van der Waals surface area contributed by atoms with E-state index in [0.717, 1.165) is 34.4 Å². The number of nitrogens with two attached hydrogens (primary N) is 1. The lowest BCUT2D eigenvalue weighted by atomic mass is 9.98. The molecule has 0 saturated carbocycles. The zero-order valence-electron chi connectivity index (χ0n) is 10.8. The average molecular weight is 354 g/mol. The lowest BCUT2D eigenvalue weighted by Crippen LogP contribution is -2.14. The number of pyridine rings is 1. The topological polar surface area (TPSA) is 48.1 Å². The van der Waals surface area contributed by atoms with Crippen molar-refractivity contribution in [2.45, 2.75) is 18.9 Å². The van der Waals surface area contributed by atoms with Crippen molar-refractivity contribution in [3.63, 3.8) is 0 Å². The SMILES string of the molecule is NC(Cc1cc(Br)cc2c1OCC2)c1ccncc1Cl. The summed E-state index contributed by atoms with van der Waals surface area (Å²) in [7, 11) is 0. The zero-order valence-corrected chi connectivity index (χ0v) is 13.1. The predicted octanol–water partition coefficient (Wildman–Crippen LogP) is 3.67. The number of ether oxygens (including phenoxy) is 1. The highest BCUT2D eigenvalue weighted by molar-refractivity contribution is 9.10. The molecular weight excluding hydrogens is 340 g/mol. The molecular formula is C15H14BrClN2O. The van der Waals surface area contributed by atoms with Crippen LogP contribution in [0.5, 0.6) is 5.75 Å². The van der Waals surface area contributed by atoms with Crippen LogP contribution in [-0.4, -0.2) is 11.6 Å². The summed E-state index contributed by atoms with van der Waals surface area (Å²) < 4.78 is 6.79. The van der Waals surface area contributed by atoms with Gasteiger partial charge in [-0.15, -0.1) is 0 Å². The maximum Gasteiger partial charge on any atom is 0.125 e. The van der Waals surface area contributed by atoms with E-state index in [1.165, 1.54) is 5.56 Å². The van der Waals surface area contributed by atoms with Crippen LogP contribution in [0.2, 0.25) is 5.02 Å². The van der Waals surface area contributed by atoms with Crippen LogP contribution in [0.3, 0.4) is 0 Å². The molecule has 5 heteroatoms. The van der Waals surface area contributed by atoms with Gasteiger partial charge in [0, 0.05) is 29.3 Å². The van der Waals surface area contributed by atoms with E-state index in [0.29, 0.717) is 11.4 Å². The quantitative estimate of drug-likeness (QED) is 0.916. The molecule has 0 fully saturated rings. The van der Waals surface area contributed by atoms with Crippen LogP contribution in [0.15, 0.2) is 35.1 Å². The smallest absolute Gasteiger partial charge is 0.125 e. The molecule has 20 heavy (non-hydrogen) atoms. The molecule has 104 valence electrons. The Hall–Kier alpha value is -1.10. The third-order valence-electron chi connectivity index (χ3n) is 3.47. The van der Waals surface area contributed by atoms with E-state index in [1.54, 1.807) is 12.4 Å². The van der Waals surface area contributed by atoms with Gasteiger partial charge in [-0.3, -0.25) is 4.98 Å². The van der Waals surface area contributed by atoms with Gasteiger partial charge in [0.25, 0.3) is 0 Å². The summed E-state index contributed by atoms with van der Waals surface area (Å²) in [6, 6.07) is 5.87. The second-order valence-corrected chi connectivity index (χ2v) is 6.18. The van der Waals surface area contributed by atoms with E-state index in [1.807, 2.05) is 6.07 Å². The van der Waals surface area contributed by atoms with Gasteiger partial charge in [-0.1, -0.05) is 27.5 Å². The van der Waals surface area contributed by atoms with E-state index < -0.39 is 0 Å². The first-order valence-electron chi connectivity index (χ1n) is 6.44. The molecule has 3 nitrogen and oxygen atoms in total. The Balaban J connectivity index is 1.90. The summed E-state index contributed by atoms with van der Waals surface area (Å²) in [4.78, 5) is 3.99. The lowest BCUT2D eigenvalue weighted by molar-refractivity contribution is 0.352. The van der Waals surface area contributed by atoms with Crippen LogP contribution in [0.4, 0.5) is 0 Å². The summed E-state index contributed by atoms with van der Waals surface area (Å²) in [6.07, 6.45) is 4.97. The standard InChI is InChI=1S/C15H14BrClN2O/c16-11-5-9-2-4-20-15(9)10(6-11)7-14(18)12-1-3-19-8-13(12)17/h1,3,5-6,8,14H,2,4,7,18H2. The fourth-order valence-corrected chi connectivity index (χ4v) is 3.34. The van der Waals surface area contributed by atoms with Crippen molar-refractivity contribution in [3.8, 4) is 5.75 Å². The fraction of sp³-hybridized carbons (Fsp3) is 0.267. The third-order valence-corrected chi connectivity index (χ3v) is 4.24. The molecule has 0 aliphatic carbocycles. The Morgan fingerprint density at radius 3 is 3.10 bits per heavy atom. The number of benzene rings is 1. The molecule has 2 aromatic rings. The molecule has 0 spiro atoms. The second-order valence-electron chi connectivity index (χ2n) is 4.86. The highest BCUT2D eigenvalue weighted by Gasteiger charge is 2.20. The summed E-state index contributed by atoms with van der Waals surface area (Å²) in [5.74, 6) is 0.980. The Morgan fingerprint density at radius 2 is 2.30 bits per heavy atom. The van der Waals surface area contributed by atoms with E-state index in [2.05, 4.69) is 33.0 Å². The van der Waals surface area contributed by atoms with Gasteiger partial charge in [-0.25, -0.2) is 0 Å². The maximum absolute atomic E-state index is 6.29. The number of rotatable bonds is 3. The van der Waals surface area contributed by atoms with Gasteiger partial charge < -0.3 is 10.5 Å². The molecule has 1 aliphatic heterocycles. The summed E-state index contributed by atoms with van der Waals surface area (Å²) in [6.45, 7) is 0.740. The van der Waals surface area contributed by atoms with Gasteiger partial charge in [-0.05, 0) is 41.3 Å². The van der Waals surface area contributed by atoms with Crippen LogP contribution in [0.25, 0.3) is 0 Å². The minimum Gasteiger partial charge on any atom is -0.493 e. The second kappa shape index (κ2) is 5.72. The van der Waals surface area contributed by atoms with Crippen molar-refractivity contribution in [3.05, 3.63) is 56.8 Å². The van der Waals surface area contributed by atoms with Crippen molar-refractivity contribution in [2.75, 3.05) is 6.61 Å². The minimum absolute atomic E-state index is 0.173. The monoisotopic (exact) mass is 352 g/mol. The van der Waals surface area contributed by atoms with Crippen LogP contribution in [-0.2, 0) is 12.8 Å². The van der Waals surface area contributed by atoms with Gasteiger partial charge in [-0.2, -0.15) is 0 Å². The van der Waals surface area contributed by atoms with Crippen molar-refractivity contribution >= 4 is 27.5 Å². The number of hydrogen-bond acceptors (Lipinski definition) is 3. The van der Waals surface area contributed by atoms with Gasteiger partial charge in [0.15, 0.2) is 0 Å². The predicted molar refractivity (Wildman–Crippen MR) is 83.2 cm³/mol. The van der Waals surface area contributed by atoms with Crippen molar-refractivity contribution in [1.29, 1.82) is 0 Å². The first-order chi connectivity index (χ1) is 9.65. The third kappa shape index (κ3) is 2.68. The van der Waals surface area contributed by atoms with Crippen molar-refractivity contribution in [1.82, 2.24) is 4.98 Å². The van der Waals surface area contributed by atoms with Crippen LogP contribution < -0.4 is 10.5 Å². The highest BCUT2D eigenvalue weighted by atomic mass is 79.9. The molecule has 2 heterocycles. The molecule has 0 saturated heterocycles. The molecule has 1 aromatic carbocycles. The highest BCUT2D eigenvalue weighted by Crippen LogP contribution is 2.35. The summed E-state index contributed by atoms with van der Waals surface area (Å²) >= 11 is 9.69. The Kier molecular flexibility index (Phi) is 3.96. The number of nitrogens with zero attached hydrogens (tertiary/aromatic N) is 1. The first kappa shape index (κ1) is 13.9. The van der Waals surface area contributed by atoms with Crippen molar-refractivity contribution in [2.24, 2.45) is 5.73 Å². The van der Waals surface area contributed by atoms with E-state index in [-0.39, 0.29) is 6.04 Å². The fourth-order valence-electron chi connectivity index (χ4n) is 2.53. The molecule has 1 aromatic heterocycles. The van der Waals surface area contributed by atoms with E-state index >= 15 is 0 Å². The molecule has 0 radical (unpaired) electrons. The lowest BCUT2D eigenvalue weighted by Gasteiger charge is -2.16. The molecule has 1 unspecified atom stereocenters. The van der Waals surface area contributed by atoms with Gasteiger partial charge in [0.1, 0.15) is 5.75 Å². The average Bonchev–Trinajstić information content (AvgIpc) is 2.87. The minimum atomic E-state index is -0.173. The summed E-state index contributed by atoms with van der Waals surface area (Å²) in [5.41, 5.74) is 9.56. The Morgan fingerprint density at radius 1 is 1.45 bits per heavy atom. The molecule has 0 amide bonds. The Labute approximate surface area is 131 Å². The van der Waals surface area contributed by atoms with Gasteiger partial charge in [0.05, 0.1) is 11.6 Å². The molecule has 0 bridgehead atoms. The first-order valence-corrected chi connectivity index (χ1v) is 7.61. The van der Waals surface area contributed by atoms with E-state index in [9.17, 15) is 0 Å². The molecule has 1 atom stereocenters. The Bertz CT molecular complexity index is 648. The van der Waals surface area contributed by atoms with Crippen molar-refractivity contribution < 1.29 is 4.74 Å². The number of hydrogen-bond donors (Lipinski definition) is 1.